The highest BCUT2D eigenvalue weighted by molar-refractivity contribution is 5.92. The third kappa shape index (κ3) is 4.07. The van der Waals surface area contributed by atoms with Gasteiger partial charge in [0.1, 0.15) is 12.0 Å². The van der Waals surface area contributed by atoms with Gasteiger partial charge in [-0.05, 0) is 24.5 Å². The van der Waals surface area contributed by atoms with Crippen LogP contribution in [0.3, 0.4) is 0 Å². The minimum atomic E-state index is -0.172. The van der Waals surface area contributed by atoms with Crippen molar-refractivity contribution in [3.05, 3.63) is 42.4 Å². The molecule has 0 spiro atoms. The van der Waals surface area contributed by atoms with Crippen LogP contribution in [0.2, 0.25) is 0 Å². The summed E-state index contributed by atoms with van der Waals surface area (Å²) in [6.07, 6.45) is 8.03. The Labute approximate surface area is 134 Å². The van der Waals surface area contributed by atoms with E-state index in [1.165, 1.54) is 12.7 Å². The topological polar surface area (TPSA) is 80.5 Å². The Morgan fingerprint density at radius 3 is 2.96 bits per heavy atom. The summed E-state index contributed by atoms with van der Waals surface area (Å²) >= 11 is 0. The monoisotopic (exact) mass is 316 g/mol. The molecule has 2 aromatic heterocycles. The summed E-state index contributed by atoms with van der Waals surface area (Å²) < 4.78 is 10.0. The summed E-state index contributed by atoms with van der Waals surface area (Å²) in [4.78, 5) is 22.3. The Morgan fingerprint density at radius 2 is 2.26 bits per heavy atom. The number of methoxy groups -OCH3 is 1. The van der Waals surface area contributed by atoms with Crippen LogP contribution in [-0.2, 0) is 6.54 Å². The van der Waals surface area contributed by atoms with Gasteiger partial charge < -0.3 is 14.5 Å². The summed E-state index contributed by atoms with van der Waals surface area (Å²) in [5.74, 6) is 0.603. The number of pyridine rings is 1. The van der Waals surface area contributed by atoms with Crippen LogP contribution in [0.15, 0.2) is 35.5 Å². The van der Waals surface area contributed by atoms with Crippen molar-refractivity contribution in [2.75, 3.05) is 20.2 Å². The van der Waals surface area contributed by atoms with Crippen molar-refractivity contribution in [2.45, 2.75) is 25.4 Å². The van der Waals surface area contributed by atoms with Gasteiger partial charge in [-0.2, -0.15) is 0 Å². The Balaban J connectivity index is 1.47. The molecule has 0 aromatic carbocycles. The fraction of sp³-hybridized carbons (Fsp3) is 0.438. The minimum Gasteiger partial charge on any atom is -0.495 e. The van der Waals surface area contributed by atoms with Crippen molar-refractivity contribution in [1.82, 2.24) is 20.2 Å². The molecule has 0 saturated carbocycles. The number of amides is 1. The average molecular weight is 316 g/mol. The summed E-state index contributed by atoms with van der Waals surface area (Å²) in [6, 6.07) is 2.18. The van der Waals surface area contributed by atoms with Crippen molar-refractivity contribution in [3.8, 4) is 5.75 Å². The lowest BCUT2D eigenvalue weighted by Crippen LogP contribution is -2.44. The van der Waals surface area contributed by atoms with Gasteiger partial charge in [-0.3, -0.25) is 14.7 Å². The number of hydrogen-bond acceptors (Lipinski definition) is 6. The lowest BCUT2D eigenvalue weighted by Gasteiger charge is -2.32. The van der Waals surface area contributed by atoms with Gasteiger partial charge in [0.2, 0.25) is 0 Å². The normalized spacial score (nSPS) is 16.2. The van der Waals surface area contributed by atoms with E-state index in [1.807, 2.05) is 12.3 Å². The van der Waals surface area contributed by atoms with Crippen LogP contribution in [0.1, 0.15) is 28.9 Å². The first kappa shape index (κ1) is 15.5. The lowest BCUT2D eigenvalue weighted by atomic mass is 10.0. The fourth-order valence-corrected chi connectivity index (χ4v) is 2.74. The number of nitrogens with zero attached hydrogens (tertiary/aromatic N) is 3. The molecule has 1 aliphatic rings. The maximum atomic E-state index is 11.9. The van der Waals surface area contributed by atoms with Crippen LogP contribution >= 0.6 is 0 Å². The molecule has 23 heavy (non-hydrogen) atoms. The molecule has 7 nitrogen and oxygen atoms in total. The average Bonchev–Trinajstić information content (AvgIpc) is 3.11. The highest BCUT2D eigenvalue weighted by Gasteiger charge is 2.22. The molecule has 1 N–H and O–H groups in total. The van der Waals surface area contributed by atoms with Gasteiger partial charge in [0.05, 0.1) is 13.3 Å². The number of ether oxygens (including phenoxy) is 1. The van der Waals surface area contributed by atoms with E-state index >= 15 is 0 Å². The number of hydrogen-bond donors (Lipinski definition) is 1. The number of oxazole rings is 1. The molecule has 0 aliphatic carbocycles. The lowest BCUT2D eigenvalue weighted by molar-refractivity contribution is 0.0904. The molecule has 1 aliphatic heterocycles. The van der Waals surface area contributed by atoms with Gasteiger partial charge in [0, 0.05) is 31.9 Å². The van der Waals surface area contributed by atoms with E-state index in [9.17, 15) is 4.79 Å². The summed E-state index contributed by atoms with van der Waals surface area (Å²) in [5, 5.41) is 3.00. The van der Waals surface area contributed by atoms with E-state index in [4.69, 9.17) is 9.15 Å². The number of piperidine rings is 1. The third-order valence-corrected chi connectivity index (χ3v) is 4.00. The maximum absolute atomic E-state index is 11.9. The van der Waals surface area contributed by atoms with Crippen molar-refractivity contribution < 1.29 is 13.9 Å². The molecule has 7 heteroatoms. The fourth-order valence-electron chi connectivity index (χ4n) is 2.74. The summed E-state index contributed by atoms with van der Waals surface area (Å²) in [6.45, 7) is 2.70. The molecule has 0 atom stereocenters. The van der Waals surface area contributed by atoms with Gasteiger partial charge in [0.15, 0.2) is 12.1 Å². The molecule has 1 fully saturated rings. The number of nitrogens with one attached hydrogen (secondary N) is 1. The molecule has 3 rings (SSSR count). The number of likely N-dealkylation sites (tertiary alicyclic amines) is 1. The quantitative estimate of drug-likeness (QED) is 0.900. The Morgan fingerprint density at radius 1 is 1.43 bits per heavy atom. The molecule has 1 amide bonds. The SMILES string of the molecule is COc1cncc(CN2CCC(NC(=O)c3cocn3)CC2)c1. The van der Waals surface area contributed by atoms with Crippen LogP contribution in [0.5, 0.6) is 5.75 Å². The molecule has 122 valence electrons. The standard InChI is InChI=1S/C16H20N4O3/c1-22-14-6-12(7-17-8-14)9-20-4-2-13(3-5-20)19-16(21)15-10-23-11-18-15/h6-8,10-11,13H,2-5,9H2,1H3,(H,19,21). The van der Waals surface area contributed by atoms with Gasteiger partial charge in [-0.15, -0.1) is 0 Å². The van der Waals surface area contributed by atoms with Crippen LogP contribution in [0.4, 0.5) is 0 Å². The zero-order valence-electron chi connectivity index (χ0n) is 13.1. The van der Waals surface area contributed by atoms with Crippen molar-refractivity contribution in [1.29, 1.82) is 0 Å². The number of rotatable bonds is 5. The van der Waals surface area contributed by atoms with Gasteiger partial charge >= 0.3 is 0 Å². The highest BCUT2D eigenvalue weighted by atomic mass is 16.5. The summed E-state index contributed by atoms with van der Waals surface area (Å²) in [7, 11) is 1.64. The number of aromatic nitrogens is 2. The first-order chi connectivity index (χ1) is 11.2. The highest BCUT2D eigenvalue weighted by Crippen LogP contribution is 2.16. The van der Waals surface area contributed by atoms with Crippen molar-refractivity contribution in [3.63, 3.8) is 0 Å². The second-order valence-corrected chi connectivity index (χ2v) is 5.63. The third-order valence-electron chi connectivity index (χ3n) is 4.00. The van der Waals surface area contributed by atoms with E-state index in [0.717, 1.165) is 43.8 Å². The van der Waals surface area contributed by atoms with E-state index < -0.39 is 0 Å². The van der Waals surface area contributed by atoms with Crippen LogP contribution in [0.25, 0.3) is 0 Å². The molecule has 0 unspecified atom stereocenters. The Bertz CT molecular complexity index is 637. The summed E-state index contributed by atoms with van der Waals surface area (Å²) in [5.41, 5.74) is 1.46. The first-order valence-electron chi connectivity index (χ1n) is 7.64. The first-order valence-corrected chi connectivity index (χ1v) is 7.64. The molecular formula is C16H20N4O3. The predicted octanol–water partition coefficient (Wildman–Crippen LogP) is 1.47. The second-order valence-electron chi connectivity index (χ2n) is 5.63. The maximum Gasteiger partial charge on any atom is 0.273 e. The molecule has 2 aromatic rings. The molecule has 0 radical (unpaired) electrons. The number of carbonyl (C=O) groups excluding carboxylic acids is 1. The zero-order chi connectivity index (χ0) is 16.1. The van der Waals surface area contributed by atoms with E-state index in [2.05, 4.69) is 20.2 Å². The molecule has 1 saturated heterocycles. The van der Waals surface area contributed by atoms with E-state index in [-0.39, 0.29) is 11.9 Å². The van der Waals surface area contributed by atoms with Crippen LogP contribution in [0, 0.1) is 0 Å². The van der Waals surface area contributed by atoms with Gasteiger partial charge in [-0.25, -0.2) is 4.98 Å². The minimum absolute atomic E-state index is 0.172. The molecular weight excluding hydrogens is 296 g/mol. The van der Waals surface area contributed by atoms with Gasteiger partial charge in [0.25, 0.3) is 5.91 Å². The Kier molecular flexibility index (Phi) is 4.87. The van der Waals surface area contributed by atoms with Crippen LogP contribution in [-0.4, -0.2) is 47.0 Å². The van der Waals surface area contributed by atoms with Crippen molar-refractivity contribution >= 4 is 5.91 Å². The number of carbonyl (C=O) groups is 1. The predicted molar refractivity (Wildman–Crippen MR) is 83.1 cm³/mol. The smallest absolute Gasteiger partial charge is 0.273 e. The molecule has 0 bridgehead atoms. The molecule has 3 heterocycles. The largest absolute Gasteiger partial charge is 0.495 e. The Hall–Kier alpha value is -2.41. The second kappa shape index (κ2) is 7.23. The van der Waals surface area contributed by atoms with E-state index in [0.29, 0.717) is 5.69 Å². The van der Waals surface area contributed by atoms with Gasteiger partial charge in [-0.1, -0.05) is 0 Å². The van der Waals surface area contributed by atoms with E-state index in [1.54, 1.807) is 13.3 Å². The van der Waals surface area contributed by atoms with Crippen LogP contribution < -0.4 is 10.1 Å². The van der Waals surface area contributed by atoms with Crippen molar-refractivity contribution in [2.24, 2.45) is 0 Å². The zero-order valence-corrected chi connectivity index (χ0v) is 13.1.